The number of aromatic nitrogens is 3. The Kier molecular flexibility index (Phi) is 5.03. The van der Waals surface area contributed by atoms with Crippen molar-refractivity contribution < 1.29 is 9.47 Å². The third-order valence-corrected chi connectivity index (χ3v) is 5.95. The van der Waals surface area contributed by atoms with Gasteiger partial charge in [-0.1, -0.05) is 0 Å². The van der Waals surface area contributed by atoms with Crippen molar-refractivity contribution in [2.24, 2.45) is 0 Å². The summed E-state index contributed by atoms with van der Waals surface area (Å²) in [6, 6.07) is 6.63. The summed E-state index contributed by atoms with van der Waals surface area (Å²) in [6.07, 6.45) is 5.53. The molecule has 29 heavy (non-hydrogen) atoms. The predicted molar refractivity (Wildman–Crippen MR) is 115 cm³/mol. The van der Waals surface area contributed by atoms with Gasteiger partial charge in [0.05, 0.1) is 32.1 Å². The van der Waals surface area contributed by atoms with Gasteiger partial charge in [-0.15, -0.1) is 0 Å². The van der Waals surface area contributed by atoms with E-state index < -0.39 is 0 Å². The van der Waals surface area contributed by atoms with E-state index >= 15 is 0 Å². The molecule has 1 unspecified atom stereocenters. The van der Waals surface area contributed by atoms with Gasteiger partial charge < -0.3 is 24.1 Å². The predicted octanol–water partition coefficient (Wildman–Crippen LogP) is 2.76. The maximum Gasteiger partial charge on any atom is 0.180 e. The van der Waals surface area contributed by atoms with E-state index in [-0.39, 0.29) is 0 Å². The monoisotopic (exact) mass is 458 g/mol. The second kappa shape index (κ2) is 7.81. The van der Waals surface area contributed by atoms with Crippen molar-refractivity contribution >= 4 is 38.8 Å². The summed E-state index contributed by atoms with van der Waals surface area (Å²) in [5.74, 6) is 1.53. The van der Waals surface area contributed by atoms with Crippen molar-refractivity contribution in [3.05, 3.63) is 41.4 Å². The molecule has 1 atom stereocenters. The Labute approximate surface area is 177 Å². The first-order valence-corrected chi connectivity index (χ1v) is 10.5. The van der Waals surface area contributed by atoms with E-state index in [2.05, 4.69) is 53.1 Å². The smallest absolute Gasteiger partial charge is 0.180 e. The van der Waals surface area contributed by atoms with Gasteiger partial charge in [0.15, 0.2) is 11.5 Å². The van der Waals surface area contributed by atoms with Crippen LogP contribution in [0.5, 0.6) is 5.75 Å². The third-order valence-electron chi connectivity index (χ3n) is 5.57. The van der Waals surface area contributed by atoms with Crippen molar-refractivity contribution in [2.75, 3.05) is 56.7 Å². The Hall–Kier alpha value is -2.36. The molecule has 0 bridgehead atoms. The molecule has 152 valence electrons. The number of hydrogen-bond donors (Lipinski definition) is 1. The number of piperazine rings is 1. The molecule has 8 nitrogen and oxygen atoms in total. The first-order valence-electron chi connectivity index (χ1n) is 9.72. The summed E-state index contributed by atoms with van der Waals surface area (Å²) in [5.41, 5.74) is 2.78. The molecular weight excluding hydrogens is 436 g/mol. The number of rotatable bonds is 4. The van der Waals surface area contributed by atoms with Gasteiger partial charge in [0.25, 0.3) is 0 Å². The molecule has 0 spiro atoms. The van der Waals surface area contributed by atoms with Crippen LogP contribution in [0.4, 0.5) is 17.2 Å². The zero-order valence-corrected chi connectivity index (χ0v) is 17.8. The maximum atomic E-state index is 5.73. The first kappa shape index (κ1) is 18.7. The number of fused-ring (bicyclic) bond motifs is 2. The Morgan fingerprint density at radius 2 is 2.21 bits per heavy atom. The second-order valence-electron chi connectivity index (χ2n) is 7.29. The number of morpholine rings is 1. The van der Waals surface area contributed by atoms with E-state index in [0.717, 1.165) is 66.8 Å². The molecule has 5 rings (SSSR count). The Morgan fingerprint density at radius 1 is 1.28 bits per heavy atom. The van der Waals surface area contributed by atoms with Crippen LogP contribution < -0.4 is 15.0 Å². The van der Waals surface area contributed by atoms with Gasteiger partial charge in [0, 0.05) is 56.5 Å². The normalized spacial score (nSPS) is 19.9. The van der Waals surface area contributed by atoms with Gasteiger partial charge in [-0.25, -0.2) is 9.97 Å². The average molecular weight is 459 g/mol. The van der Waals surface area contributed by atoms with Gasteiger partial charge in [-0.05, 0) is 28.1 Å². The lowest BCUT2D eigenvalue weighted by Crippen LogP contribution is -2.58. The maximum absolute atomic E-state index is 5.73. The number of nitrogens with one attached hydrogen (secondary N) is 1. The molecule has 9 heteroatoms. The molecule has 3 aromatic rings. The van der Waals surface area contributed by atoms with E-state index in [1.165, 1.54) is 0 Å². The summed E-state index contributed by atoms with van der Waals surface area (Å²) in [5, 5.41) is 3.37. The number of halogens is 1. The highest BCUT2D eigenvalue weighted by atomic mass is 79.9. The summed E-state index contributed by atoms with van der Waals surface area (Å²) in [4.78, 5) is 13.8. The summed E-state index contributed by atoms with van der Waals surface area (Å²) in [7, 11) is 1.72. The molecule has 0 aliphatic carbocycles. The summed E-state index contributed by atoms with van der Waals surface area (Å²) < 4.78 is 14.1. The molecule has 0 radical (unpaired) electrons. The number of anilines is 3. The van der Waals surface area contributed by atoms with Crippen molar-refractivity contribution in [1.82, 2.24) is 19.3 Å². The van der Waals surface area contributed by atoms with E-state index in [1.54, 1.807) is 13.3 Å². The summed E-state index contributed by atoms with van der Waals surface area (Å²) in [6.45, 7) is 5.66. The molecule has 0 saturated carbocycles. The van der Waals surface area contributed by atoms with Gasteiger partial charge in [-0.2, -0.15) is 0 Å². The highest BCUT2D eigenvalue weighted by molar-refractivity contribution is 9.10. The number of benzene rings is 1. The number of methoxy groups -OCH3 is 1. The molecule has 2 fully saturated rings. The van der Waals surface area contributed by atoms with Crippen LogP contribution in [0.15, 0.2) is 41.4 Å². The fourth-order valence-corrected chi connectivity index (χ4v) is 4.50. The highest BCUT2D eigenvalue weighted by Gasteiger charge is 2.30. The molecule has 1 aromatic carbocycles. The van der Waals surface area contributed by atoms with E-state index in [4.69, 9.17) is 9.47 Å². The Bertz CT molecular complexity index is 1030. The lowest BCUT2D eigenvalue weighted by Gasteiger charge is -2.44. The van der Waals surface area contributed by atoms with Crippen molar-refractivity contribution in [3.8, 4) is 5.75 Å². The van der Waals surface area contributed by atoms with Crippen molar-refractivity contribution in [3.63, 3.8) is 0 Å². The van der Waals surface area contributed by atoms with Crippen LogP contribution in [0.2, 0.25) is 0 Å². The average Bonchev–Trinajstić information content (AvgIpc) is 3.22. The number of ether oxygens (including phenoxy) is 2. The lowest BCUT2D eigenvalue weighted by atomic mass is 10.1. The molecular formula is C20H23BrN6O2. The minimum Gasteiger partial charge on any atom is -0.495 e. The molecule has 0 amide bonds. The number of hydrogen-bond acceptors (Lipinski definition) is 7. The van der Waals surface area contributed by atoms with Gasteiger partial charge in [0.1, 0.15) is 10.4 Å². The third kappa shape index (κ3) is 3.65. The van der Waals surface area contributed by atoms with Crippen LogP contribution in [-0.2, 0) is 4.74 Å². The van der Waals surface area contributed by atoms with Crippen LogP contribution >= 0.6 is 15.9 Å². The molecule has 1 N–H and O–H groups in total. The summed E-state index contributed by atoms with van der Waals surface area (Å²) >= 11 is 3.46. The van der Waals surface area contributed by atoms with Crippen LogP contribution in [-0.4, -0.2) is 71.8 Å². The van der Waals surface area contributed by atoms with E-state index in [1.807, 2.05) is 22.9 Å². The van der Waals surface area contributed by atoms with E-state index in [9.17, 15) is 0 Å². The van der Waals surface area contributed by atoms with Crippen LogP contribution in [0.25, 0.3) is 5.65 Å². The second-order valence-corrected chi connectivity index (χ2v) is 8.11. The highest BCUT2D eigenvalue weighted by Crippen LogP contribution is 2.34. The zero-order chi connectivity index (χ0) is 19.8. The fourth-order valence-electron chi connectivity index (χ4n) is 4.10. The Morgan fingerprint density at radius 3 is 3.10 bits per heavy atom. The van der Waals surface area contributed by atoms with Crippen LogP contribution in [0.1, 0.15) is 0 Å². The van der Waals surface area contributed by atoms with Gasteiger partial charge >= 0.3 is 0 Å². The molecule has 4 heterocycles. The van der Waals surface area contributed by atoms with Gasteiger partial charge in [0.2, 0.25) is 0 Å². The number of nitrogens with zero attached hydrogens (tertiary/aromatic N) is 5. The number of imidazole rings is 1. The van der Waals surface area contributed by atoms with Crippen LogP contribution in [0, 0.1) is 0 Å². The topological polar surface area (TPSA) is 67.2 Å². The van der Waals surface area contributed by atoms with E-state index in [0.29, 0.717) is 11.9 Å². The first-order chi connectivity index (χ1) is 14.2. The standard InChI is InChI=1S/C20H23BrN6O2/c1-28-17-10-14(23-19-20-22-4-5-27(20)12-18(21)24-19)2-3-16(17)26-7-6-25-8-9-29-13-15(25)11-26/h2-5,10,12,15H,6-9,11,13H2,1H3,(H,23,24). The molecule has 2 aliphatic rings. The van der Waals surface area contributed by atoms with Gasteiger partial charge in [-0.3, -0.25) is 4.90 Å². The molecule has 2 saturated heterocycles. The SMILES string of the molecule is COc1cc(Nc2nc(Br)cn3ccnc23)ccc1N1CCN2CCOCC2C1. The van der Waals surface area contributed by atoms with Crippen molar-refractivity contribution in [1.29, 1.82) is 0 Å². The fraction of sp³-hybridized carbons (Fsp3) is 0.400. The Balaban J connectivity index is 1.40. The quantitative estimate of drug-likeness (QED) is 0.644. The molecule has 2 aliphatic heterocycles. The van der Waals surface area contributed by atoms with Crippen LogP contribution in [0.3, 0.4) is 0 Å². The largest absolute Gasteiger partial charge is 0.495 e. The lowest BCUT2D eigenvalue weighted by molar-refractivity contribution is -0.0117. The molecule has 2 aromatic heterocycles. The minimum absolute atomic E-state index is 0.444. The zero-order valence-electron chi connectivity index (χ0n) is 16.2. The van der Waals surface area contributed by atoms with Crippen molar-refractivity contribution in [2.45, 2.75) is 6.04 Å². The minimum atomic E-state index is 0.444.